The Hall–Kier alpha value is -1.60. The molecule has 0 aromatic rings. The molecule has 0 bridgehead atoms. The molecular weight excluding hydrogens is 208 g/mol. The lowest BCUT2D eigenvalue weighted by Gasteiger charge is -2.33. The maximum atomic E-state index is 11.2. The van der Waals surface area contributed by atoms with Crippen LogP contribution in [0.2, 0.25) is 0 Å². The van der Waals surface area contributed by atoms with Crippen LogP contribution >= 0.6 is 0 Å². The molecule has 86 valence electrons. The van der Waals surface area contributed by atoms with Gasteiger partial charge in [-0.2, -0.15) is 0 Å². The van der Waals surface area contributed by atoms with Crippen LogP contribution in [0.3, 0.4) is 0 Å². The summed E-state index contributed by atoms with van der Waals surface area (Å²) >= 11 is 0. The van der Waals surface area contributed by atoms with E-state index in [1.807, 2.05) is 18.2 Å². The van der Waals surface area contributed by atoms with Gasteiger partial charge in [-0.05, 0) is 36.0 Å². The van der Waals surface area contributed by atoms with Gasteiger partial charge in [-0.25, -0.2) is 0 Å². The molecule has 1 N–H and O–H groups in total. The third-order valence-corrected chi connectivity index (χ3v) is 3.71. The van der Waals surface area contributed by atoms with Gasteiger partial charge in [-0.3, -0.25) is 0 Å². The van der Waals surface area contributed by atoms with E-state index in [0.717, 1.165) is 36.0 Å². The van der Waals surface area contributed by atoms with Crippen LogP contribution in [0, 0.1) is 0 Å². The minimum absolute atomic E-state index is 0.852. The largest absolute Gasteiger partial charge is 0.377 e. The van der Waals surface area contributed by atoms with E-state index in [1.165, 1.54) is 0 Å². The van der Waals surface area contributed by atoms with Crippen LogP contribution in [-0.2, 0) is 0 Å². The maximum absolute atomic E-state index is 11.2. The van der Waals surface area contributed by atoms with Crippen molar-refractivity contribution in [3.8, 4) is 0 Å². The van der Waals surface area contributed by atoms with Crippen LogP contribution in [-0.4, -0.2) is 10.7 Å². The quantitative estimate of drug-likeness (QED) is 0.779. The second-order valence-corrected chi connectivity index (χ2v) is 4.68. The van der Waals surface area contributed by atoms with E-state index in [0.29, 0.717) is 0 Å². The third kappa shape index (κ3) is 1.58. The highest BCUT2D eigenvalue weighted by atomic mass is 16.3. The summed E-state index contributed by atoms with van der Waals surface area (Å²) in [4.78, 5) is 0. The van der Waals surface area contributed by atoms with E-state index in [4.69, 9.17) is 0 Å². The average Bonchev–Trinajstić information content (AvgIpc) is 3.10. The highest BCUT2D eigenvalue weighted by molar-refractivity contribution is 5.53. The standard InChI is InChI=1S/C16H16O/c17-16(13-7-1-2-8-13,14-9-3-4-10-14)15-11-5-6-12-15/h1-7,9,11,17H,8,10,12H2. The van der Waals surface area contributed by atoms with Crippen LogP contribution in [0.4, 0.5) is 0 Å². The van der Waals surface area contributed by atoms with Crippen LogP contribution in [0.5, 0.6) is 0 Å². The van der Waals surface area contributed by atoms with Crippen molar-refractivity contribution < 1.29 is 5.11 Å². The predicted octanol–water partition coefficient (Wildman–Crippen LogP) is 3.38. The van der Waals surface area contributed by atoms with Gasteiger partial charge in [0, 0.05) is 0 Å². The van der Waals surface area contributed by atoms with Crippen molar-refractivity contribution >= 4 is 0 Å². The van der Waals surface area contributed by atoms with E-state index in [2.05, 4.69) is 36.5 Å². The fourth-order valence-corrected chi connectivity index (χ4v) is 2.77. The zero-order valence-corrected chi connectivity index (χ0v) is 9.76. The maximum Gasteiger partial charge on any atom is 0.130 e. The number of aliphatic hydroxyl groups is 1. The third-order valence-electron chi connectivity index (χ3n) is 3.71. The molecule has 0 amide bonds. The summed E-state index contributed by atoms with van der Waals surface area (Å²) in [6.45, 7) is 0. The van der Waals surface area contributed by atoms with Gasteiger partial charge < -0.3 is 5.11 Å². The molecule has 1 nitrogen and oxygen atoms in total. The lowest BCUT2D eigenvalue weighted by Crippen LogP contribution is -2.35. The van der Waals surface area contributed by atoms with Crippen molar-refractivity contribution in [3.05, 3.63) is 71.4 Å². The summed E-state index contributed by atoms with van der Waals surface area (Å²) in [6.07, 6.45) is 21.1. The molecule has 0 saturated heterocycles. The Morgan fingerprint density at radius 1 is 0.706 bits per heavy atom. The Balaban J connectivity index is 2.01. The van der Waals surface area contributed by atoms with Gasteiger partial charge >= 0.3 is 0 Å². The average molecular weight is 224 g/mol. The molecule has 3 aliphatic rings. The van der Waals surface area contributed by atoms with Gasteiger partial charge in [0.2, 0.25) is 0 Å². The molecule has 0 saturated carbocycles. The minimum atomic E-state index is -0.865. The summed E-state index contributed by atoms with van der Waals surface area (Å²) in [5, 5.41) is 11.2. The molecule has 3 aliphatic carbocycles. The number of rotatable bonds is 3. The van der Waals surface area contributed by atoms with Crippen molar-refractivity contribution in [3.63, 3.8) is 0 Å². The van der Waals surface area contributed by atoms with E-state index in [9.17, 15) is 5.11 Å². The lowest BCUT2D eigenvalue weighted by atomic mass is 9.77. The van der Waals surface area contributed by atoms with Gasteiger partial charge in [0.05, 0.1) is 0 Å². The summed E-state index contributed by atoms with van der Waals surface area (Å²) in [7, 11) is 0. The Labute approximate surface area is 102 Å². The number of hydrogen-bond donors (Lipinski definition) is 1. The summed E-state index contributed by atoms with van der Waals surface area (Å²) in [5.74, 6) is 0. The van der Waals surface area contributed by atoms with Crippen LogP contribution in [0.1, 0.15) is 19.3 Å². The molecule has 0 aromatic heterocycles. The number of allylic oxidation sites excluding steroid dienone is 9. The zero-order valence-electron chi connectivity index (χ0n) is 9.76. The van der Waals surface area contributed by atoms with Crippen molar-refractivity contribution in [2.75, 3.05) is 0 Å². The molecule has 0 radical (unpaired) electrons. The molecule has 0 fully saturated rings. The van der Waals surface area contributed by atoms with Gasteiger partial charge in [0.15, 0.2) is 0 Å². The van der Waals surface area contributed by atoms with Crippen molar-refractivity contribution in [2.45, 2.75) is 24.9 Å². The fourth-order valence-electron chi connectivity index (χ4n) is 2.77. The first-order valence-corrected chi connectivity index (χ1v) is 6.13. The molecule has 0 heterocycles. The van der Waals surface area contributed by atoms with Gasteiger partial charge in [-0.15, -0.1) is 0 Å². The summed E-state index contributed by atoms with van der Waals surface area (Å²) in [5.41, 5.74) is 2.43. The van der Waals surface area contributed by atoms with E-state index in [-0.39, 0.29) is 0 Å². The molecule has 0 aliphatic heterocycles. The van der Waals surface area contributed by atoms with E-state index in [1.54, 1.807) is 0 Å². The van der Waals surface area contributed by atoms with Gasteiger partial charge in [0.25, 0.3) is 0 Å². The smallest absolute Gasteiger partial charge is 0.130 e. The second-order valence-electron chi connectivity index (χ2n) is 4.68. The summed E-state index contributed by atoms with van der Waals surface area (Å²) in [6, 6.07) is 0. The van der Waals surface area contributed by atoms with E-state index >= 15 is 0 Å². The Morgan fingerprint density at radius 2 is 1.06 bits per heavy atom. The lowest BCUT2D eigenvalue weighted by molar-refractivity contribution is 0.150. The first-order valence-electron chi connectivity index (χ1n) is 6.13. The second kappa shape index (κ2) is 4.01. The normalized spacial score (nSPS) is 22.1. The minimum Gasteiger partial charge on any atom is -0.377 e. The molecule has 17 heavy (non-hydrogen) atoms. The fraction of sp³-hybridized carbons (Fsp3) is 0.250. The molecule has 1 heteroatoms. The highest BCUT2D eigenvalue weighted by Gasteiger charge is 2.39. The van der Waals surface area contributed by atoms with Gasteiger partial charge in [0.1, 0.15) is 5.60 Å². The number of hydrogen-bond acceptors (Lipinski definition) is 1. The van der Waals surface area contributed by atoms with Crippen molar-refractivity contribution in [1.82, 2.24) is 0 Å². The molecule has 3 rings (SSSR count). The van der Waals surface area contributed by atoms with Crippen LogP contribution in [0.25, 0.3) is 0 Å². The van der Waals surface area contributed by atoms with Crippen molar-refractivity contribution in [1.29, 1.82) is 0 Å². The Kier molecular flexibility index (Phi) is 2.49. The first kappa shape index (κ1) is 10.5. The Morgan fingerprint density at radius 3 is 1.29 bits per heavy atom. The molecule has 0 unspecified atom stereocenters. The summed E-state index contributed by atoms with van der Waals surface area (Å²) < 4.78 is 0. The van der Waals surface area contributed by atoms with Crippen LogP contribution in [0.15, 0.2) is 71.4 Å². The van der Waals surface area contributed by atoms with Gasteiger partial charge in [-0.1, -0.05) is 54.7 Å². The topological polar surface area (TPSA) is 20.2 Å². The Bertz CT molecular complexity index is 436. The molecule has 0 spiro atoms. The molecule has 0 atom stereocenters. The highest BCUT2D eigenvalue weighted by Crippen LogP contribution is 2.42. The van der Waals surface area contributed by atoms with Crippen molar-refractivity contribution in [2.24, 2.45) is 0 Å². The molecular formula is C16H16O. The molecule has 0 aromatic carbocycles. The SMILES string of the molecule is OC(C1=CC=CC1)(C1=CC=CC1)C1=CC=CC1. The van der Waals surface area contributed by atoms with E-state index < -0.39 is 5.60 Å². The first-order chi connectivity index (χ1) is 8.32. The zero-order chi connectivity index (χ0) is 11.7. The monoisotopic (exact) mass is 224 g/mol. The predicted molar refractivity (Wildman–Crippen MR) is 70.5 cm³/mol. The van der Waals surface area contributed by atoms with Crippen LogP contribution < -0.4 is 0 Å².